The van der Waals surface area contributed by atoms with Crippen molar-refractivity contribution in [1.82, 2.24) is 15.5 Å². The van der Waals surface area contributed by atoms with E-state index in [2.05, 4.69) is 20.4 Å². The molecule has 0 bridgehead atoms. The number of hydrogen-bond acceptors (Lipinski definition) is 5. The van der Waals surface area contributed by atoms with Gasteiger partial charge in [-0.1, -0.05) is 18.2 Å². The van der Waals surface area contributed by atoms with E-state index < -0.39 is 0 Å². The van der Waals surface area contributed by atoms with Crippen LogP contribution in [0.4, 0.5) is 5.95 Å². The van der Waals surface area contributed by atoms with Crippen LogP contribution in [-0.2, 0) is 4.79 Å². The first-order chi connectivity index (χ1) is 10.8. The second kappa shape index (κ2) is 5.12. The highest BCUT2D eigenvalue weighted by atomic mass is 16.5. The molecule has 0 aliphatic carbocycles. The summed E-state index contributed by atoms with van der Waals surface area (Å²) in [5.41, 5.74) is 0.636. The van der Waals surface area contributed by atoms with Gasteiger partial charge in [0.2, 0.25) is 5.91 Å². The van der Waals surface area contributed by atoms with Gasteiger partial charge in [0.25, 0.3) is 11.8 Å². The van der Waals surface area contributed by atoms with Crippen molar-refractivity contribution >= 4 is 11.9 Å². The third-order valence-electron chi connectivity index (χ3n) is 4.67. The van der Waals surface area contributed by atoms with Crippen molar-refractivity contribution in [1.29, 1.82) is 0 Å². The summed E-state index contributed by atoms with van der Waals surface area (Å²) >= 11 is 0. The average Bonchev–Trinajstić information content (AvgIpc) is 3.19. The number of benzene rings is 1. The molecule has 6 nitrogen and oxygen atoms in total. The van der Waals surface area contributed by atoms with Gasteiger partial charge in [-0.3, -0.25) is 4.79 Å². The molecule has 1 amide bonds. The molecule has 114 valence electrons. The van der Waals surface area contributed by atoms with Crippen molar-refractivity contribution in [3.63, 3.8) is 0 Å². The number of hydrogen-bond donors (Lipinski definition) is 1. The summed E-state index contributed by atoms with van der Waals surface area (Å²) in [5.74, 6) is 1.27. The predicted octanol–water partition coefficient (Wildman–Crippen LogP) is 1.84. The van der Waals surface area contributed by atoms with Crippen LogP contribution in [0.3, 0.4) is 0 Å². The molecule has 2 aromatic rings. The van der Waals surface area contributed by atoms with Crippen molar-refractivity contribution in [3.05, 3.63) is 30.3 Å². The highest BCUT2D eigenvalue weighted by molar-refractivity contribution is 5.84. The SMILES string of the molecule is O=C1NCCCC12CCN(c1noc(-c3ccccc3)n1)C2. The van der Waals surface area contributed by atoms with Crippen LogP contribution in [0, 0.1) is 5.41 Å². The standard InChI is InChI=1S/C16H18N4O2/c21-14-16(7-4-9-17-14)8-10-20(11-16)15-18-13(22-19-15)12-5-2-1-3-6-12/h1-3,5-6H,4,7-11H2,(H,17,21). The molecular weight excluding hydrogens is 280 g/mol. The van der Waals surface area contributed by atoms with E-state index in [9.17, 15) is 4.79 Å². The maximum Gasteiger partial charge on any atom is 0.266 e. The number of aromatic nitrogens is 2. The minimum atomic E-state index is -0.272. The van der Waals surface area contributed by atoms with Gasteiger partial charge >= 0.3 is 0 Å². The van der Waals surface area contributed by atoms with Crippen LogP contribution in [0.5, 0.6) is 0 Å². The molecule has 2 saturated heterocycles. The summed E-state index contributed by atoms with van der Waals surface area (Å²) in [4.78, 5) is 18.8. The number of amides is 1. The monoisotopic (exact) mass is 298 g/mol. The molecule has 6 heteroatoms. The number of nitrogens with one attached hydrogen (secondary N) is 1. The van der Waals surface area contributed by atoms with Gasteiger partial charge in [-0.05, 0) is 36.6 Å². The lowest BCUT2D eigenvalue weighted by atomic mass is 9.79. The third-order valence-corrected chi connectivity index (χ3v) is 4.67. The molecule has 1 unspecified atom stereocenters. The number of piperidine rings is 1. The summed E-state index contributed by atoms with van der Waals surface area (Å²) < 4.78 is 5.36. The summed E-state index contributed by atoms with van der Waals surface area (Å²) in [6.45, 7) is 2.26. The lowest BCUT2D eigenvalue weighted by Gasteiger charge is -2.31. The molecule has 2 fully saturated rings. The lowest BCUT2D eigenvalue weighted by Crippen LogP contribution is -2.47. The zero-order valence-electron chi connectivity index (χ0n) is 12.3. The molecule has 4 rings (SSSR count). The molecule has 1 aromatic heterocycles. The molecule has 1 spiro atoms. The molecule has 0 radical (unpaired) electrons. The van der Waals surface area contributed by atoms with Gasteiger partial charge in [-0.2, -0.15) is 4.98 Å². The molecule has 3 heterocycles. The van der Waals surface area contributed by atoms with Crippen LogP contribution < -0.4 is 10.2 Å². The van der Waals surface area contributed by atoms with Gasteiger partial charge in [0.15, 0.2) is 0 Å². The predicted molar refractivity (Wildman–Crippen MR) is 81.2 cm³/mol. The Hall–Kier alpha value is -2.37. The van der Waals surface area contributed by atoms with Gasteiger partial charge in [-0.25, -0.2) is 0 Å². The summed E-state index contributed by atoms with van der Waals surface area (Å²) in [5, 5.41) is 7.07. The summed E-state index contributed by atoms with van der Waals surface area (Å²) in [6, 6.07) is 9.72. The van der Waals surface area contributed by atoms with Gasteiger partial charge in [0, 0.05) is 25.2 Å². The van der Waals surface area contributed by atoms with Crippen molar-refractivity contribution in [2.24, 2.45) is 5.41 Å². The third kappa shape index (κ3) is 2.15. The Labute approximate surface area is 128 Å². The molecule has 22 heavy (non-hydrogen) atoms. The number of carbonyl (C=O) groups excluding carboxylic acids is 1. The van der Waals surface area contributed by atoms with Crippen LogP contribution in [0.2, 0.25) is 0 Å². The zero-order chi connectivity index (χ0) is 15.0. The second-order valence-corrected chi connectivity index (χ2v) is 6.08. The van der Waals surface area contributed by atoms with Crippen molar-refractivity contribution in [3.8, 4) is 11.5 Å². The van der Waals surface area contributed by atoms with Crippen LogP contribution in [0.15, 0.2) is 34.9 Å². The Morgan fingerprint density at radius 2 is 2.09 bits per heavy atom. The highest BCUT2D eigenvalue weighted by Crippen LogP contribution is 2.38. The van der Waals surface area contributed by atoms with E-state index in [1.54, 1.807) is 0 Å². The van der Waals surface area contributed by atoms with E-state index in [0.29, 0.717) is 18.4 Å². The van der Waals surface area contributed by atoms with E-state index in [4.69, 9.17) is 4.52 Å². The maximum absolute atomic E-state index is 12.2. The number of nitrogens with zero attached hydrogens (tertiary/aromatic N) is 3. The van der Waals surface area contributed by atoms with Crippen LogP contribution >= 0.6 is 0 Å². The molecule has 1 N–H and O–H groups in total. The van der Waals surface area contributed by atoms with E-state index >= 15 is 0 Å². The number of rotatable bonds is 2. The van der Waals surface area contributed by atoms with E-state index in [0.717, 1.165) is 37.9 Å². The Morgan fingerprint density at radius 3 is 2.91 bits per heavy atom. The van der Waals surface area contributed by atoms with Gasteiger partial charge in [0.05, 0.1) is 5.41 Å². The van der Waals surface area contributed by atoms with Gasteiger partial charge < -0.3 is 14.7 Å². The van der Waals surface area contributed by atoms with Crippen molar-refractivity contribution in [2.45, 2.75) is 19.3 Å². The first-order valence-electron chi connectivity index (χ1n) is 7.69. The molecule has 1 aromatic carbocycles. The fraction of sp³-hybridized carbons (Fsp3) is 0.438. The quantitative estimate of drug-likeness (QED) is 0.916. The van der Waals surface area contributed by atoms with Crippen LogP contribution in [-0.4, -0.2) is 35.7 Å². The number of carbonyl (C=O) groups is 1. The Balaban J connectivity index is 1.54. The van der Waals surface area contributed by atoms with Crippen molar-refractivity contribution in [2.75, 3.05) is 24.5 Å². The molecule has 2 aliphatic heterocycles. The normalized spacial score (nSPS) is 24.7. The first-order valence-corrected chi connectivity index (χ1v) is 7.69. The van der Waals surface area contributed by atoms with E-state index in [-0.39, 0.29) is 11.3 Å². The Morgan fingerprint density at radius 1 is 1.23 bits per heavy atom. The molecular formula is C16H18N4O2. The minimum Gasteiger partial charge on any atom is -0.356 e. The van der Waals surface area contributed by atoms with Crippen LogP contribution in [0.25, 0.3) is 11.5 Å². The fourth-order valence-corrected chi connectivity index (χ4v) is 3.40. The fourth-order valence-electron chi connectivity index (χ4n) is 3.40. The maximum atomic E-state index is 12.2. The highest BCUT2D eigenvalue weighted by Gasteiger charge is 2.46. The lowest BCUT2D eigenvalue weighted by molar-refractivity contribution is -0.132. The van der Waals surface area contributed by atoms with Gasteiger partial charge in [-0.15, -0.1) is 0 Å². The molecule has 1 atom stereocenters. The number of anilines is 1. The Bertz CT molecular complexity index is 684. The van der Waals surface area contributed by atoms with Crippen molar-refractivity contribution < 1.29 is 9.32 Å². The van der Waals surface area contributed by atoms with E-state index in [1.807, 2.05) is 30.3 Å². The van der Waals surface area contributed by atoms with Crippen LogP contribution in [0.1, 0.15) is 19.3 Å². The second-order valence-electron chi connectivity index (χ2n) is 6.08. The minimum absolute atomic E-state index is 0.174. The summed E-state index contributed by atoms with van der Waals surface area (Å²) in [6.07, 6.45) is 2.84. The Kier molecular flexibility index (Phi) is 3.10. The largest absolute Gasteiger partial charge is 0.356 e. The van der Waals surface area contributed by atoms with Gasteiger partial charge in [0.1, 0.15) is 0 Å². The molecule has 2 aliphatic rings. The summed E-state index contributed by atoms with van der Waals surface area (Å²) in [7, 11) is 0. The zero-order valence-corrected chi connectivity index (χ0v) is 12.3. The average molecular weight is 298 g/mol. The smallest absolute Gasteiger partial charge is 0.266 e. The van der Waals surface area contributed by atoms with E-state index in [1.165, 1.54) is 0 Å². The first kappa shape index (κ1) is 13.3. The molecule has 0 saturated carbocycles. The topological polar surface area (TPSA) is 71.3 Å².